The van der Waals surface area contributed by atoms with Crippen LogP contribution in [-0.2, 0) is 0 Å². The van der Waals surface area contributed by atoms with Gasteiger partial charge in [-0.05, 0) is 23.3 Å². The molecule has 3 heteroatoms. The quantitative estimate of drug-likeness (QED) is 0.707. The highest BCUT2D eigenvalue weighted by Crippen LogP contribution is 2.39. The van der Waals surface area contributed by atoms with E-state index in [4.69, 9.17) is 11.6 Å². The van der Waals surface area contributed by atoms with Crippen molar-refractivity contribution in [3.63, 3.8) is 0 Å². The monoisotopic (exact) mass is 271 g/mol. The second-order valence-electron chi connectivity index (χ2n) is 4.85. The third-order valence-corrected chi connectivity index (χ3v) is 4.11. The zero-order valence-corrected chi connectivity index (χ0v) is 11.6. The molecule has 0 N–H and O–H groups in total. The van der Waals surface area contributed by atoms with Crippen molar-refractivity contribution >= 4 is 23.2 Å². The number of anilines is 1. The van der Waals surface area contributed by atoms with E-state index < -0.39 is 0 Å². The minimum Gasteiger partial charge on any atom is -0.311 e. The van der Waals surface area contributed by atoms with Gasteiger partial charge in [0.05, 0.1) is 10.6 Å². The Hall–Kier alpha value is -1.80. The molecule has 1 atom stereocenters. The van der Waals surface area contributed by atoms with Gasteiger partial charge in [0.1, 0.15) is 0 Å². The fourth-order valence-corrected chi connectivity index (χ4v) is 2.99. The molecule has 1 unspecified atom stereocenters. The second-order valence-corrected chi connectivity index (χ2v) is 5.26. The molecular formula is C16H14ClNO. The fourth-order valence-electron chi connectivity index (χ4n) is 2.73. The number of hydrogen-bond acceptors (Lipinski definition) is 1. The normalized spacial score (nSPS) is 17.7. The molecule has 1 amide bonds. The van der Waals surface area contributed by atoms with Gasteiger partial charge in [0.2, 0.25) is 0 Å². The molecule has 0 fully saturated rings. The Morgan fingerprint density at radius 1 is 1.05 bits per heavy atom. The van der Waals surface area contributed by atoms with E-state index in [9.17, 15) is 4.79 Å². The van der Waals surface area contributed by atoms with Gasteiger partial charge in [-0.25, -0.2) is 0 Å². The van der Waals surface area contributed by atoms with Crippen LogP contribution in [0, 0.1) is 0 Å². The van der Waals surface area contributed by atoms with Gasteiger partial charge in [-0.15, -0.1) is 0 Å². The van der Waals surface area contributed by atoms with Crippen LogP contribution in [0.3, 0.4) is 0 Å². The number of halogens is 1. The van der Waals surface area contributed by atoms with Crippen molar-refractivity contribution in [2.75, 3.05) is 11.9 Å². The average Bonchev–Trinajstić information content (AvgIpc) is 2.51. The highest BCUT2D eigenvalue weighted by molar-refractivity contribution is 6.35. The molecule has 2 aromatic rings. The first-order valence-electron chi connectivity index (χ1n) is 6.26. The number of carbonyl (C=O) groups is 1. The second kappa shape index (κ2) is 4.39. The molecule has 1 aliphatic heterocycles. The van der Waals surface area contributed by atoms with E-state index in [-0.39, 0.29) is 11.8 Å². The zero-order valence-electron chi connectivity index (χ0n) is 10.9. The van der Waals surface area contributed by atoms with Crippen LogP contribution >= 0.6 is 11.6 Å². The lowest BCUT2D eigenvalue weighted by Crippen LogP contribution is -2.26. The first kappa shape index (κ1) is 12.2. The number of amides is 1. The van der Waals surface area contributed by atoms with E-state index in [1.54, 1.807) is 18.0 Å². The van der Waals surface area contributed by atoms with Gasteiger partial charge in [-0.1, -0.05) is 48.9 Å². The van der Waals surface area contributed by atoms with Gasteiger partial charge >= 0.3 is 0 Å². The maximum absolute atomic E-state index is 12.6. The van der Waals surface area contributed by atoms with Gasteiger partial charge in [0.15, 0.2) is 0 Å². The van der Waals surface area contributed by atoms with Crippen LogP contribution in [0.5, 0.6) is 0 Å². The Kier molecular flexibility index (Phi) is 2.83. The van der Waals surface area contributed by atoms with E-state index in [1.807, 2.05) is 30.3 Å². The summed E-state index contributed by atoms with van der Waals surface area (Å²) in [6.07, 6.45) is 0. The van der Waals surface area contributed by atoms with Crippen LogP contribution in [0.25, 0.3) is 0 Å². The summed E-state index contributed by atoms with van der Waals surface area (Å²) in [5.74, 6) is 0.108. The molecule has 2 nitrogen and oxygen atoms in total. The zero-order chi connectivity index (χ0) is 13.6. The Labute approximate surface area is 117 Å². The average molecular weight is 272 g/mol. The Morgan fingerprint density at radius 2 is 1.74 bits per heavy atom. The lowest BCUT2D eigenvalue weighted by Gasteiger charge is -2.18. The van der Waals surface area contributed by atoms with Gasteiger partial charge < -0.3 is 4.90 Å². The van der Waals surface area contributed by atoms with Crippen LogP contribution in [0.2, 0.25) is 5.02 Å². The molecule has 0 aliphatic carbocycles. The van der Waals surface area contributed by atoms with Crippen LogP contribution < -0.4 is 4.90 Å². The molecule has 0 saturated heterocycles. The van der Waals surface area contributed by atoms with Crippen molar-refractivity contribution in [2.24, 2.45) is 0 Å². The predicted molar refractivity (Wildman–Crippen MR) is 78.1 cm³/mol. The molecular weight excluding hydrogens is 258 g/mol. The van der Waals surface area contributed by atoms with Gasteiger partial charge in [0.25, 0.3) is 5.91 Å². The minimum atomic E-state index is -0.0441. The molecule has 19 heavy (non-hydrogen) atoms. The smallest absolute Gasteiger partial charge is 0.259 e. The Bertz CT molecular complexity index is 666. The molecule has 3 rings (SSSR count). The van der Waals surface area contributed by atoms with Crippen molar-refractivity contribution in [2.45, 2.75) is 12.8 Å². The van der Waals surface area contributed by atoms with Crippen LogP contribution in [-0.4, -0.2) is 13.0 Å². The third kappa shape index (κ3) is 1.75. The first-order valence-corrected chi connectivity index (χ1v) is 6.64. The van der Waals surface area contributed by atoms with E-state index in [0.29, 0.717) is 10.6 Å². The van der Waals surface area contributed by atoms with Gasteiger partial charge in [0, 0.05) is 18.7 Å². The molecule has 2 aromatic carbocycles. The van der Waals surface area contributed by atoms with E-state index in [0.717, 1.165) is 16.8 Å². The highest BCUT2D eigenvalue weighted by Gasteiger charge is 2.29. The van der Waals surface area contributed by atoms with E-state index >= 15 is 0 Å². The lowest BCUT2D eigenvalue weighted by atomic mass is 9.90. The fraction of sp³-hybridized carbons (Fsp3) is 0.188. The largest absolute Gasteiger partial charge is 0.311 e. The van der Waals surface area contributed by atoms with Crippen molar-refractivity contribution in [1.29, 1.82) is 0 Å². The standard InChI is InChI=1S/C16H14ClNO/c1-10-11-6-3-4-9-14(11)18(2)16(19)15-12(10)7-5-8-13(15)17/h3-10H,1-2H3. The summed E-state index contributed by atoms with van der Waals surface area (Å²) in [5.41, 5.74) is 3.72. The van der Waals surface area contributed by atoms with Crippen molar-refractivity contribution in [1.82, 2.24) is 0 Å². The van der Waals surface area contributed by atoms with Crippen LogP contribution in [0.15, 0.2) is 42.5 Å². The molecule has 96 valence electrons. The molecule has 0 saturated carbocycles. The molecule has 0 aromatic heterocycles. The SMILES string of the molecule is CC1c2ccccc2N(C)C(=O)c2c(Cl)cccc21. The van der Waals surface area contributed by atoms with Crippen LogP contribution in [0.1, 0.15) is 34.3 Å². The summed E-state index contributed by atoms with van der Waals surface area (Å²) < 4.78 is 0. The summed E-state index contributed by atoms with van der Waals surface area (Å²) in [7, 11) is 1.80. The number of fused-ring (bicyclic) bond motifs is 2. The number of para-hydroxylation sites is 1. The minimum absolute atomic E-state index is 0.0441. The molecule has 0 radical (unpaired) electrons. The lowest BCUT2D eigenvalue weighted by molar-refractivity contribution is 0.0993. The van der Waals surface area contributed by atoms with Crippen LogP contribution in [0.4, 0.5) is 5.69 Å². The number of rotatable bonds is 0. The van der Waals surface area contributed by atoms with Crippen molar-refractivity contribution in [3.05, 3.63) is 64.2 Å². The van der Waals surface area contributed by atoms with Gasteiger partial charge in [-0.3, -0.25) is 4.79 Å². The van der Waals surface area contributed by atoms with Gasteiger partial charge in [-0.2, -0.15) is 0 Å². The Morgan fingerprint density at radius 3 is 2.53 bits per heavy atom. The topological polar surface area (TPSA) is 20.3 Å². The summed E-state index contributed by atoms with van der Waals surface area (Å²) in [6, 6.07) is 13.7. The maximum atomic E-state index is 12.6. The summed E-state index contributed by atoms with van der Waals surface area (Å²) in [6.45, 7) is 2.11. The predicted octanol–water partition coefficient (Wildman–Crippen LogP) is 4.08. The molecule has 0 spiro atoms. The van der Waals surface area contributed by atoms with E-state index in [1.165, 1.54) is 0 Å². The number of benzene rings is 2. The molecule has 1 heterocycles. The molecule has 0 bridgehead atoms. The van der Waals surface area contributed by atoms with Crippen molar-refractivity contribution in [3.8, 4) is 0 Å². The third-order valence-electron chi connectivity index (χ3n) is 3.80. The van der Waals surface area contributed by atoms with Crippen molar-refractivity contribution < 1.29 is 4.79 Å². The first-order chi connectivity index (χ1) is 9.11. The summed E-state index contributed by atoms with van der Waals surface area (Å²) in [4.78, 5) is 14.3. The van der Waals surface area contributed by atoms with E-state index in [2.05, 4.69) is 13.0 Å². The maximum Gasteiger partial charge on any atom is 0.259 e. The Balaban J connectivity index is 2.34. The summed E-state index contributed by atoms with van der Waals surface area (Å²) in [5, 5.41) is 0.522. The summed E-state index contributed by atoms with van der Waals surface area (Å²) >= 11 is 6.24. The molecule has 1 aliphatic rings. The highest BCUT2D eigenvalue weighted by atomic mass is 35.5. The number of nitrogens with zero attached hydrogens (tertiary/aromatic N) is 1. The number of hydrogen-bond donors (Lipinski definition) is 0. The number of carbonyl (C=O) groups excluding carboxylic acids is 1.